The number of ether oxygens (including phenoxy) is 2. The molecular formula is C22H23NO5. The first-order chi connectivity index (χ1) is 13.6. The number of hydrogen-bond acceptors (Lipinski definition) is 5. The standard InChI is InChI=1S/C22H23NO5/c1-2-27-21(25)19(14-20(24)17-11-7-4-8-12-17)23-15-18(28-22(23)26)13-16-9-5-3-6-10-16/h3-12,18-19H,2,13-15H2,1H3/t18-,19?/m0/s1. The average molecular weight is 381 g/mol. The lowest BCUT2D eigenvalue weighted by molar-refractivity contribution is -0.148. The molecule has 2 atom stereocenters. The highest BCUT2D eigenvalue weighted by Gasteiger charge is 2.41. The minimum Gasteiger partial charge on any atom is -0.464 e. The minimum absolute atomic E-state index is 0.143. The number of cyclic esters (lactones) is 1. The Kier molecular flexibility index (Phi) is 6.42. The highest BCUT2D eigenvalue weighted by Crippen LogP contribution is 2.22. The number of Topliss-reactive ketones (excluding diaryl/α,β-unsaturated/α-hetero) is 1. The van der Waals surface area contributed by atoms with Crippen LogP contribution < -0.4 is 0 Å². The van der Waals surface area contributed by atoms with Crippen LogP contribution in [0.3, 0.4) is 0 Å². The first-order valence-corrected chi connectivity index (χ1v) is 9.34. The largest absolute Gasteiger partial charge is 0.464 e. The van der Waals surface area contributed by atoms with Crippen LogP contribution in [0.1, 0.15) is 29.3 Å². The van der Waals surface area contributed by atoms with Gasteiger partial charge in [0.15, 0.2) is 5.78 Å². The fourth-order valence-electron chi connectivity index (χ4n) is 3.26. The molecule has 1 heterocycles. The summed E-state index contributed by atoms with van der Waals surface area (Å²) in [6.07, 6.45) is -0.570. The van der Waals surface area contributed by atoms with Gasteiger partial charge in [0.2, 0.25) is 0 Å². The molecular weight excluding hydrogens is 358 g/mol. The van der Waals surface area contributed by atoms with Crippen LogP contribution in [0.2, 0.25) is 0 Å². The lowest BCUT2D eigenvalue weighted by Crippen LogP contribution is -2.44. The zero-order chi connectivity index (χ0) is 19.9. The fraction of sp³-hybridized carbons (Fsp3) is 0.318. The van der Waals surface area contributed by atoms with E-state index in [9.17, 15) is 14.4 Å². The van der Waals surface area contributed by atoms with Gasteiger partial charge in [0.1, 0.15) is 12.1 Å². The molecule has 0 aromatic heterocycles. The fourth-order valence-corrected chi connectivity index (χ4v) is 3.26. The third-order valence-electron chi connectivity index (χ3n) is 4.62. The van der Waals surface area contributed by atoms with Crippen molar-refractivity contribution in [1.29, 1.82) is 0 Å². The van der Waals surface area contributed by atoms with Crippen molar-refractivity contribution in [2.45, 2.75) is 31.9 Å². The predicted molar refractivity (Wildman–Crippen MR) is 103 cm³/mol. The molecule has 6 heteroatoms. The van der Waals surface area contributed by atoms with Crippen LogP contribution in [0, 0.1) is 0 Å². The Bertz CT molecular complexity index is 821. The minimum atomic E-state index is -0.999. The summed E-state index contributed by atoms with van der Waals surface area (Å²) in [5, 5.41) is 0. The smallest absolute Gasteiger partial charge is 0.411 e. The van der Waals surface area contributed by atoms with E-state index in [0.29, 0.717) is 12.0 Å². The Balaban J connectivity index is 1.73. The maximum atomic E-state index is 12.6. The molecule has 1 unspecified atom stereocenters. The van der Waals surface area contributed by atoms with Gasteiger partial charge < -0.3 is 9.47 Å². The molecule has 0 N–H and O–H groups in total. The van der Waals surface area contributed by atoms with Crippen LogP contribution in [0.15, 0.2) is 60.7 Å². The Morgan fingerprint density at radius 3 is 2.39 bits per heavy atom. The molecule has 2 aromatic rings. The van der Waals surface area contributed by atoms with Crippen LogP contribution in [0.25, 0.3) is 0 Å². The van der Waals surface area contributed by atoms with Crippen molar-refractivity contribution in [3.05, 3.63) is 71.8 Å². The van der Waals surface area contributed by atoms with Gasteiger partial charge in [-0.2, -0.15) is 0 Å². The van der Waals surface area contributed by atoms with E-state index in [1.54, 1.807) is 31.2 Å². The van der Waals surface area contributed by atoms with Crippen LogP contribution in [0.4, 0.5) is 4.79 Å². The molecule has 0 bridgehead atoms. The molecule has 3 rings (SSSR count). The summed E-state index contributed by atoms with van der Waals surface area (Å²) in [5.74, 6) is -0.818. The molecule has 28 heavy (non-hydrogen) atoms. The Labute approximate surface area is 164 Å². The number of rotatable bonds is 8. The van der Waals surface area contributed by atoms with Crippen LogP contribution in [-0.4, -0.2) is 48.0 Å². The summed E-state index contributed by atoms with van der Waals surface area (Å²) in [6, 6.07) is 17.4. The number of benzene rings is 2. The van der Waals surface area contributed by atoms with Crippen molar-refractivity contribution in [2.75, 3.05) is 13.2 Å². The van der Waals surface area contributed by atoms with Crippen molar-refractivity contribution in [3.8, 4) is 0 Å². The van der Waals surface area contributed by atoms with Crippen molar-refractivity contribution < 1.29 is 23.9 Å². The number of ketones is 1. The average Bonchev–Trinajstić information content (AvgIpc) is 3.07. The van der Waals surface area contributed by atoms with Gasteiger partial charge in [-0.3, -0.25) is 9.69 Å². The van der Waals surface area contributed by atoms with Gasteiger partial charge in [-0.25, -0.2) is 9.59 Å². The Hall–Kier alpha value is -3.15. The van der Waals surface area contributed by atoms with Gasteiger partial charge in [-0.1, -0.05) is 60.7 Å². The van der Waals surface area contributed by atoms with E-state index in [2.05, 4.69) is 0 Å². The Morgan fingerprint density at radius 1 is 1.11 bits per heavy atom. The van der Waals surface area contributed by atoms with E-state index < -0.39 is 18.1 Å². The number of esters is 1. The lowest BCUT2D eigenvalue weighted by Gasteiger charge is -2.23. The maximum Gasteiger partial charge on any atom is 0.411 e. The topological polar surface area (TPSA) is 72.9 Å². The second-order valence-corrected chi connectivity index (χ2v) is 6.61. The molecule has 1 saturated heterocycles. The number of hydrogen-bond donors (Lipinski definition) is 0. The zero-order valence-corrected chi connectivity index (χ0v) is 15.7. The third kappa shape index (κ3) is 4.76. The van der Waals surface area contributed by atoms with Crippen molar-refractivity contribution >= 4 is 17.8 Å². The molecule has 0 spiro atoms. The second kappa shape index (κ2) is 9.17. The second-order valence-electron chi connectivity index (χ2n) is 6.61. The molecule has 146 valence electrons. The first-order valence-electron chi connectivity index (χ1n) is 9.34. The summed E-state index contributed by atoms with van der Waals surface area (Å²) < 4.78 is 10.6. The summed E-state index contributed by atoms with van der Waals surface area (Å²) in [6.45, 7) is 2.10. The molecule has 0 aliphatic carbocycles. The molecule has 1 amide bonds. The molecule has 1 aliphatic rings. The van der Waals surface area contributed by atoms with Gasteiger partial charge in [0.25, 0.3) is 0 Å². The van der Waals surface area contributed by atoms with E-state index in [0.717, 1.165) is 5.56 Å². The van der Waals surface area contributed by atoms with E-state index in [1.807, 2.05) is 36.4 Å². The van der Waals surface area contributed by atoms with E-state index >= 15 is 0 Å². The van der Waals surface area contributed by atoms with Crippen molar-refractivity contribution in [1.82, 2.24) is 4.90 Å². The first kappa shape index (κ1) is 19.6. The van der Waals surface area contributed by atoms with Gasteiger partial charge in [-0.15, -0.1) is 0 Å². The molecule has 1 aliphatic heterocycles. The SMILES string of the molecule is CCOC(=O)C(CC(=O)c1ccccc1)N1C[C@H](Cc2ccccc2)OC1=O. The summed E-state index contributed by atoms with van der Waals surface area (Å²) in [4.78, 5) is 38.8. The molecule has 0 radical (unpaired) electrons. The van der Waals surface area contributed by atoms with Gasteiger partial charge in [0, 0.05) is 18.4 Å². The van der Waals surface area contributed by atoms with Gasteiger partial charge in [-0.05, 0) is 12.5 Å². The number of carbonyl (C=O) groups is 3. The number of nitrogens with zero attached hydrogens (tertiary/aromatic N) is 1. The molecule has 0 saturated carbocycles. The predicted octanol–water partition coefficient (Wildman–Crippen LogP) is 3.25. The molecule has 6 nitrogen and oxygen atoms in total. The lowest BCUT2D eigenvalue weighted by atomic mass is 10.0. The highest BCUT2D eigenvalue weighted by molar-refractivity contribution is 5.99. The monoisotopic (exact) mass is 381 g/mol. The molecule has 2 aromatic carbocycles. The third-order valence-corrected chi connectivity index (χ3v) is 4.62. The van der Waals surface area contributed by atoms with Crippen LogP contribution in [0.5, 0.6) is 0 Å². The van der Waals surface area contributed by atoms with Crippen molar-refractivity contribution in [2.24, 2.45) is 0 Å². The van der Waals surface area contributed by atoms with Gasteiger partial charge in [0.05, 0.1) is 13.2 Å². The molecule has 1 fully saturated rings. The summed E-state index contributed by atoms with van der Waals surface area (Å²) in [5.41, 5.74) is 1.53. The van der Waals surface area contributed by atoms with Crippen LogP contribution in [-0.2, 0) is 20.7 Å². The zero-order valence-electron chi connectivity index (χ0n) is 15.7. The quantitative estimate of drug-likeness (QED) is 0.518. The van der Waals surface area contributed by atoms with E-state index in [-0.39, 0.29) is 31.5 Å². The normalized spacial score (nSPS) is 17.1. The summed E-state index contributed by atoms with van der Waals surface area (Å²) in [7, 11) is 0. The number of amides is 1. The van der Waals surface area contributed by atoms with E-state index in [4.69, 9.17) is 9.47 Å². The summed E-state index contributed by atoms with van der Waals surface area (Å²) >= 11 is 0. The highest BCUT2D eigenvalue weighted by atomic mass is 16.6. The maximum absolute atomic E-state index is 12.6. The van der Waals surface area contributed by atoms with Crippen LogP contribution >= 0.6 is 0 Å². The van der Waals surface area contributed by atoms with E-state index in [1.165, 1.54) is 4.90 Å². The van der Waals surface area contributed by atoms with Crippen molar-refractivity contribution in [3.63, 3.8) is 0 Å². The van der Waals surface area contributed by atoms with Gasteiger partial charge >= 0.3 is 12.1 Å². The Morgan fingerprint density at radius 2 is 1.75 bits per heavy atom. The number of carbonyl (C=O) groups excluding carboxylic acids is 3.